The molecule has 0 spiro atoms. The van der Waals surface area contributed by atoms with Crippen molar-refractivity contribution in [2.75, 3.05) is 0 Å². The van der Waals surface area contributed by atoms with Crippen LogP contribution in [0.3, 0.4) is 0 Å². The minimum atomic E-state index is -0.948. The molecular formula is C27H27FN4O4. The molecule has 9 heteroatoms. The number of hydrogen-bond acceptors (Lipinski definition) is 6. The summed E-state index contributed by atoms with van der Waals surface area (Å²) in [5.74, 6) is 0.123. The molecule has 1 heterocycles. The Balaban J connectivity index is 1.66. The number of carboxylic acids is 1. The van der Waals surface area contributed by atoms with Gasteiger partial charge in [0.1, 0.15) is 36.9 Å². The van der Waals surface area contributed by atoms with Crippen molar-refractivity contribution >= 4 is 5.97 Å². The Morgan fingerprint density at radius 3 is 2.64 bits per heavy atom. The first-order chi connectivity index (χ1) is 17.3. The molecule has 1 atom stereocenters. The maximum absolute atomic E-state index is 15.3. The molecule has 0 saturated heterocycles. The van der Waals surface area contributed by atoms with Gasteiger partial charge in [0.25, 0.3) is 0 Å². The molecule has 3 aromatic carbocycles. The van der Waals surface area contributed by atoms with Crippen molar-refractivity contribution < 1.29 is 23.8 Å². The molecule has 0 unspecified atom stereocenters. The number of ether oxygens (including phenoxy) is 2. The number of aryl methyl sites for hydroxylation is 1. The van der Waals surface area contributed by atoms with Crippen molar-refractivity contribution in [3.05, 3.63) is 95.3 Å². The Kier molecular flexibility index (Phi) is 7.60. The maximum atomic E-state index is 15.3. The lowest BCUT2D eigenvalue weighted by Crippen LogP contribution is -2.08. The highest BCUT2D eigenvalue weighted by Gasteiger charge is 2.15. The van der Waals surface area contributed by atoms with E-state index in [9.17, 15) is 9.90 Å². The summed E-state index contributed by atoms with van der Waals surface area (Å²) in [5, 5.41) is 13.4. The SMILES string of the molecule is C[C@@H](N)c1cccc(-c2cc(COc3ccccc3CC(=O)O)cc(OCc3ncn(C)n3)c2)c1F. The summed E-state index contributed by atoms with van der Waals surface area (Å²) >= 11 is 0. The number of benzene rings is 3. The summed E-state index contributed by atoms with van der Waals surface area (Å²) in [6.07, 6.45) is 1.43. The number of para-hydroxylation sites is 1. The molecule has 0 amide bonds. The van der Waals surface area contributed by atoms with Gasteiger partial charge in [0.05, 0.1) is 6.42 Å². The molecule has 4 rings (SSSR count). The highest BCUT2D eigenvalue weighted by atomic mass is 19.1. The van der Waals surface area contributed by atoms with Gasteiger partial charge in [-0.2, -0.15) is 5.10 Å². The molecule has 0 aliphatic rings. The van der Waals surface area contributed by atoms with E-state index in [-0.39, 0.29) is 19.6 Å². The van der Waals surface area contributed by atoms with Crippen LogP contribution in [0.25, 0.3) is 11.1 Å². The van der Waals surface area contributed by atoms with Gasteiger partial charge in [-0.25, -0.2) is 9.37 Å². The number of aromatic nitrogens is 3. The van der Waals surface area contributed by atoms with E-state index in [1.165, 1.54) is 0 Å². The van der Waals surface area contributed by atoms with Crippen LogP contribution in [0, 0.1) is 5.82 Å². The summed E-state index contributed by atoms with van der Waals surface area (Å²) in [6, 6.07) is 17.0. The quantitative estimate of drug-likeness (QED) is 0.338. The van der Waals surface area contributed by atoms with E-state index in [2.05, 4.69) is 10.1 Å². The molecule has 4 aromatic rings. The zero-order chi connectivity index (χ0) is 25.7. The third-order valence-corrected chi connectivity index (χ3v) is 5.52. The highest BCUT2D eigenvalue weighted by Crippen LogP contribution is 2.32. The predicted octanol–water partition coefficient (Wildman–Crippen LogP) is 4.43. The molecule has 3 N–H and O–H groups in total. The topological polar surface area (TPSA) is 112 Å². The van der Waals surface area contributed by atoms with E-state index in [4.69, 9.17) is 15.2 Å². The average molecular weight is 491 g/mol. The van der Waals surface area contributed by atoms with Crippen molar-refractivity contribution in [1.29, 1.82) is 0 Å². The van der Waals surface area contributed by atoms with Crippen LogP contribution in [0.2, 0.25) is 0 Å². The van der Waals surface area contributed by atoms with Gasteiger partial charge in [0.2, 0.25) is 0 Å². The zero-order valence-corrected chi connectivity index (χ0v) is 20.0. The Morgan fingerprint density at radius 1 is 1.11 bits per heavy atom. The summed E-state index contributed by atoms with van der Waals surface area (Å²) in [7, 11) is 1.77. The molecule has 0 bridgehead atoms. The van der Waals surface area contributed by atoms with Crippen molar-refractivity contribution in [3.63, 3.8) is 0 Å². The van der Waals surface area contributed by atoms with Gasteiger partial charge in [-0.15, -0.1) is 0 Å². The van der Waals surface area contributed by atoms with Crippen LogP contribution < -0.4 is 15.2 Å². The van der Waals surface area contributed by atoms with Crippen LogP contribution in [0.4, 0.5) is 4.39 Å². The molecular weight excluding hydrogens is 463 g/mol. The van der Waals surface area contributed by atoms with Gasteiger partial charge >= 0.3 is 5.97 Å². The fourth-order valence-electron chi connectivity index (χ4n) is 3.82. The number of halogens is 1. The van der Waals surface area contributed by atoms with Gasteiger partial charge in [-0.05, 0) is 42.3 Å². The fourth-order valence-corrected chi connectivity index (χ4v) is 3.82. The van der Waals surface area contributed by atoms with E-state index in [0.717, 1.165) is 0 Å². The maximum Gasteiger partial charge on any atom is 0.307 e. The lowest BCUT2D eigenvalue weighted by Gasteiger charge is -2.15. The Morgan fingerprint density at radius 2 is 1.92 bits per heavy atom. The standard InChI is InChI=1S/C27H27FN4O4/c1-17(29)22-7-5-8-23(27(22)28)20-10-18(11-21(12-20)35-15-25-30-16-32(2)31-25)14-36-24-9-4-3-6-19(24)13-26(33)34/h3-12,16-17H,13-15,29H2,1-2H3,(H,33,34)/t17-/m1/s1. The third kappa shape index (κ3) is 6.05. The molecule has 0 radical (unpaired) electrons. The highest BCUT2D eigenvalue weighted by molar-refractivity contribution is 5.71. The summed E-state index contributed by atoms with van der Waals surface area (Å²) in [5.41, 5.74) is 8.63. The largest absolute Gasteiger partial charge is 0.489 e. The van der Waals surface area contributed by atoms with E-state index in [0.29, 0.717) is 45.1 Å². The smallest absolute Gasteiger partial charge is 0.307 e. The lowest BCUT2D eigenvalue weighted by molar-refractivity contribution is -0.136. The van der Waals surface area contributed by atoms with Crippen molar-refractivity contribution in [1.82, 2.24) is 14.8 Å². The average Bonchev–Trinajstić information content (AvgIpc) is 3.27. The van der Waals surface area contributed by atoms with Gasteiger partial charge in [0.15, 0.2) is 5.82 Å². The van der Waals surface area contributed by atoms with Crippen LogP contribution in [0.15, 0.2) is 67.0 Å². The van der Waals surface area contributed by atoms with Crippen LogP contribution in [0.5, 0.6) is 11.5 Å². The second-order valence-corrected chi connectivity index (χ2v) is 8.45. The molecule has 0 aliphatic carbocycles. The number of aliphatic carboxylic acids is 1. The van der Waals surface area contributed by atoms with Crippen molar-refractivity contribution in [3.8, 4) is 22.6 Å². The second kappa shape index (κ2) is 11.0. The fraction of sp³-hybridized carbons (Fsp3) is 0.222. The predicted molar refractivity (Wildman–Crippen MR) is 132 cm³/mol. The monoisotopic (exact) mass is 490 g/mol. The number of hydrogen-bond donors (Lipinski definition) is 2. The van der Waals surface area contributed by atoms with E-state index < -0.39 is 17.8 Å². The number of carboxylic acid groups (broad SMARTS) is 1. The Hall–Kier alpha value is -4.24. The summed E-state index contributed by atoms with van der Waals surface area (Å²) in [4.78, 5) is 15.4. The molecule has 36 heavy (non-hydrogen) atoms. The number of nitrogens with two attached hydrogens (primary N) is 1. The van der Waals surface area contributed by atoms with Crippen LogP contribution in [-0.2, 0) is 31.5 Å². The van der Waals surface area contributed by atoms with E-state index in [1.54, 1.807) is 79.6 Å². The van der Waals surface area contributed by atoms with Gasteiger partial charge in [0, 0.05) is 29.8 Å². The summed E-state index contributed by atoms with van der Waals surface area (Å²) < 4.78 is 28.8. The van der Waals surface area contributed by atoms with E-state index in [1.807, 2.05) is 6.07 Å². The van der Waals surface area contributed by atoms with Gasteiger partial charge < -0.3 is 20.3 Å². The first-order valence-corrected chi connectivity index (χ1v) is 11.4. The van der Waals surface area contributed by atoms with Crippen LogP contribution in [-0.4, -0.2) is 25.8 Å². The minimum Gasteiger partial charge on any atom is -0.489 e. The first kappa shape index (κ1) is 24.9. The van der Waals surface area contributed by atoms with Crippen molar-refractivity contribution in [2.45, 2.75) is 32.6 Å². The molecule has 0 fully saturated rings. The van der Waals surface area contributed by atoms with Crippen LogP contribution in [0.1, 0.15) is 35.5 Å². The number of rotatable bonds is 10. The lowest BCUT2D eigenvalue weighted by atomic mass is 9.97. The summed E-state index contributed by atoms with van der Waals surface area (Å²) in [6.45, 7) is 1.99. The van der Waals surface area contributed by atoms with Crippen LogP contribution >= 0.6 is 0 Å². The normalized spacial score (nSPS) is 11.8. The van der Waals surface area contributed by atoms with Gasteiger partial charge in [-0.3, -0.25) is 9.48 Å². The number of nitrogens with zero attached hydrogens (tertiary/aromatic N) is 3. The Bertz CT molecular complexity index is 1370. The van der Waals surface area contributed by atoms with E-state index >= 15 is 4.39 Å². The minimum absolute atomic E-state index is 0.122. The molecule has 1 aromatic heterocycles. The van der Waals surface area contributed by atoms with Gasteiger partial charge in [-0.1, -0.05) is 36.4 Å². The first-order valence-electron chi connectivity index (χ1n) is 11.4. The second-order valence-electron chi connectivity index (χ2n) is 8.45. The van der Waals surface area contributed by atoms with Crippen molar-refractivity contribution in [2.24, 2.45) is 12.8 Å². The number of carbonyl (C=O) groups is 1. The molecule has 186 valence electrons. The zero-order valence-electron chi connectivity index (χ0n) is 20.0. The molecule has 8 nitrogen and oxygen atoms in total. The molecule has 0 aliphatic heterocycles. The Labute approximate surface area is 208 Å². The third-order valence-electron chi connectivity index (χ3n) is 5.52. The molecule has 0 saturated carbocycles.